The van der Waals surface area contributed by atoms with E-state index in [1.165, 1.54) is 18.2 Å². The fraction of sp³-hybridized carbons (Fsp3) is 0.417. The number of hydrogen-bond donors (Lipinski definition) is 0. The summed E-state index contributed by atoms with van der Waals surface area (Å²) in [5.41, 5.74) is 1.17. The fourth-order valence-electron chi connectivity index (χ4n) is 1.47. The van der Waals surface area contributed by atoms with Crippen LogP contribution in [-0.4, -0.2) is 20.1 Å². The van der Waals surface area contributed by atoms with Crippen LogP contribution in [0.25, 0.3) is 0 Å². The summed E-state index contributed by atoms with van der Waals surface area (Å²) in [5.74, 6) is 0.258. The van der Waals surface area contributed by atoms with Crippen molar-refractivity contribution in [1.82, 2.24) is 0 Å². The summed E-state index contributed by atoms with van der Waals surface area (Å²) in [6, 6.07) is 6.56. The Kier molecular flexibility index (Phi) is 4.55. The number of rotatable bonds is 4. The van der Waals surface area contributed by atoms with E-state index in [9.17, 15) is 8.42 Å². The molecule has 0 bridgehead atoms. The van der Waals surface area contributed by atoms with Gasteiger partial charge in [-0.1, -0.05) is 6.92 Å². The Morgan fingerprint density at radius 1 is 1.47 bits per heavy atom. The fourth-order valence-corrected chi connectivity index (χ4v) is 3.40. The third kappa shape index (κ3) is 3.45. The lowest BCUT2D eigenvalue weighted by atomic mass is 10.1. The Balaban J connectivity index is 3.09. The predicted molar refractivity (Wildman–Crippen MR) is 67.8 cm³/mol. The van der Waals surface area contributed by atoms with Crippen LogP contribution in [0.5, 0.6) is 0 Å². The van der Waals surface area contributed by atoms with Crippen molar-refractivity contribution in [3.63, 3.8) is 0 Å². The Labute approximate surface area is 107 Å². The highest BCUT2D eigenvalue weighted by Crippen LogP contribution is 2.18. The van der Waals surface area contributed by atoms with Crippen molar-refractivity contribution >= 4 is 21.4 Å². The maximum absolute atomic E-state index is 12.0. The van der Waals surface area contributed by atoms with E-state index in [1.54, 1.807) is 13.8 Å². The minimum Gasteiger partial charge on any atom is -0.224 e. The molecule has 1 unspecified atom stereocenters. The molecule has 0 fully saturated rings. The molecule has 0 aliphatic rings. The topological polar surface area (TPSA) is 57.9 Å². The average Bonchev–Trinajstić information content (AvgIpc) is 2.28. The van der Waals surface area contributed by atoms with E-state index in [1.807, 2.05) is 6.07 Å². The second-order valence-electron chi connectivity index (χ2n) is 4.13. The molecule has 1 aromatic carbocycles. The predicted octanol–water partition coefficient (Wildman–Crippen LogP) is 2.52. The monoisotopic (exact) mass is 271 g/mol. The molecule has 0 aromatic heterocycles. The third-order valence-corrected chi connectivity index (χ3v) is 4.95. The van der Waals surface area contributed by atoms with Crippen molar-refractivity contribution in [3.8, 4) is 6.07 Å². The first-order valence-electron chi connectivity index (χ1n) is 5.20. The highest BCUT2D eigenvalue weighted by Gasteiger charge is 2.18. The number of hydrogen-bond acceptors (Lipinski definition) is 3. The first kappa shape index (κ1) is 14.0. The van der Waals surface area contributed by atoms with Gasteiger partial charge in [-0.2, -0.15) is 5.26 Å². The van der Waals surface area contributed by atoms with Gasteiger partial charge in [0.25, 0.3) is 0 Å². The van der Waals surface area contributed by atoms with Crippen LogP contribution in [0.4, 0.5) is 0 Å². The van der Waals surface area contributed by atoms with Gasteiger partial charge in [0, 0.05) is 5.88 Å². The molecule has 0 saturated carbocycles. The second kappa shape index (κ2) is 5.52. The van der Waals surface area contributed by atoms with Gasteiger partial charge in [0.1, 0.15) is 0 Å². The van der Waals surface area contributed by atoms with E-state index in [2.05, 4.69) is 0 Å². The minimum absolute atomic E-state index is 0.0296. The minimum atomic E-state index is -3.31. The van der Waals surface area contributed by atoms with Gasteiger partial charge in [-0.05, 0) is 36.6 Å². The van der Waals surface area contributed by atoms with Gasteiger partial charge in [-0.15, -0.1) is 11.6 Å². The van der Waals surface area contributed by atoms with Crippen molar-refractivity contribution in [2.24, 2.45) is 5.92 Å². The van der Waals surface area contributed by atoms with Crippen LogP contribution in [0.1, 0.15) is 18.1 Å². The molecule has 92 valence electrons. The Morgan fingerprint density at radius 2 is 2.12 bits per heavy atom. The molecule has 0 aliphatic heterocycles. The number of halogens is 1. The van der Waals surface area contributed by atoms with E-state index >= 15 is 0 Å². The largest absolute Gasteiger partial charge is 0.224 e. The van der Waals surface area contributed by atoms with Crippen LogP contribution in [0.3, 0.4) is 0 Å². The standard InChI is InChI=1S/C12H14ClNO2S/c1-9(6-13)8-17(15,16)12-4-3-11(7-14)10(2)5-12/h3-5,9H,6,8H2,1-2H3. The molecule has 0 radical (unpaired) electrons. The van der Waals surface area contributed by atoms with Gasteiger partial charge in [0.2, 0.25) is 0 Å². The summed E-state index contributed by atoms with van der Waals surface area (Å²) < 4.78 is 24.0. The van der Waals surface area contributed by atoms with E-state index in [0.29, 0.717) is 17.0 Å². The molecule has 1 atom stereocenters. The molecule has 0 N–H and O–H groups in total. The first-order valence-corrected chi connectivity index (χ1v) is 7.39. The second-order valence-corrected chi connectivity index (χ2v) is 6.47. The lowest BCUT2D eigenvalue weighted by molar-refractivity contribution is 0.583. The van der Waals surface area contributed by atoms with Gasteiger partial charge >= 0.3 is 0 Å². The zero-order valence-corrected chi connectivity index (χ0v) is 11.3. The number of nitrogens with zero attached hydrogens (tertiary/aromatic N) is 1. The molecular formula is C12H14ClNO2S. The molecule has 5 heteroatoms. The van der Waals surface area contributed by atoms with Gasteiger partial charge in [0.15, 0.2) is 9.84 Å². The lowest BCUT2D eigenvalue weighted by Crippen LogP contribution is -2.15. The summed E-state index contributed by atoms with van der Waals surface area (Å²) in [5, 5.41) is 8.78. The van der Waals surface area contributed by atoms with Gasteiger partial charge in [0.05, 0.1) is 22.3 Å². The normalized spacial score (nSPS) is 13.1. The Hall–Kier alpha value is -1.05. The van der Waals surface area contributed by atoms with Crippen LogP contribution in [0.15, 0.2) is 23.1 Å². The summed E-state index contributed by atoms with van der Waals surface area (Å²) in [7, 11) is -3.31. The molecule has 1 aromatic rings. The molecular weight excluding hydrogens is 258 g/mol. The molecule has 3 nitrogen and oxygen atoms in total. The van der Waals surface area contributed by atoms with E-state index in [4.69, 9.17) is 16.9 Å². The maximum atomic E-state index is 12.0. The van der Waals surface area contributed by atoms with Crippen molar-refractivity contribution in [3.05, 3.63) is 29.3 Å². The number of benzene rings is 1. The summed E-state index contributed by atoms with van der Waals surface area (Å²) in [4.78, 5) is 0.256. The van der Waals surface area contributed by atoms with E-state index < -0.39 is 9.84 Å². The molecule has 0 spiro atoms. The van der Waals surface area contributed by atoms with Crippen molar-refractivity contribution in [1.29, 1.82) is 5.26 Å². The van der Waals surface area contributed by atoms with Crippen LogP contribution < -0.4 is 0 Å². The number of nitriles is 1. The van der Waals surface area contributed by atoms with Crippen LogP contribution >= 0.6 is 11.6 Å². The van der Waals surface area contributed by atoms with Crippen molar-refractivity contribution in [2.45, 2.75) is 18.7 Å². The smallest absolute Gasteiger partial charge is 0.178 e. The lowest BCUT2D eigenvalue weighted by Gasteiger charge is -2.09. The zero-order valence-electron chi connectivity index (χ0n) is 9.77. The average molecular weight is 272 g/mol. The van der Waals surface area contributed by atoms with Crippen LogP contribution in [0.2, 0.25) is 0 Å². The maximum Gasteiger partial charge on any atom is 0.178 e. The molecule has 0 amide bonds. The highest BCUT2D eigenvalue weighted by molar-refractivity contribution is 7.91. The third-order valence-electron chi connectivity index (χ3n) is 2.44. The zero-order chi connectivity index (χ0) is 13.1. The quantitative estimate of drug-likeness (QED) is 0.791. The van der Waals surface area contributed by atoms with Crippen LogP contribution in [0, 0.1) is 24.2 Å². The summed E-state index contributed by atoms with van der Waals surface area (Å²) in [6.07, 6.45) is 0. The highest BCUT2D eigenvalue weighted by atomic mass is 35.5. The van der Waals surface area contributed by atoms with E-state index in [-0.39, 0.29) is 16.6 Å². The number of aryl methyl sites for hydroxylation is 1. The molecule has 1 rings (SSSR count). The first-order chi connectivity index (χ1) is 7.90. The summed E-state index contributed by atoms with van der Waals surface area (Å²) >= 11 is 5.62. The van der Waals surface area contributed by atoms with E-state index in [0.717, 1.165) is 0 Å². The number of alkyl halides is 1. The molecule has 0 heterocycles. The van der Waals surface area contributed by atoms with Gasteiger partial charge < -0.3 is 0 Å². The molecule has 17 heavy (non-hydrogen) atoms. The van der Waals surface area contributed by atoms with Gasteiger partial charge in [-0.25, -0.2) is 8.42 Å². The summed E-state index contributed by atoms with van der Waals surface area (Å²) in [6.45, 7) is 3.52. The molecule has 0 aliphatic carbocycles. The van der Waals surface area contributed by atoms with Crippen LogP contribution in [-0.2, 0) is 9.84 Å². The SMILES string of the molecule is Cc1cc(S(=O)(=O)CC(C)CCl)ccc1C#N. The number of sulfone groups is 1. The van der Waals surface area contributed by atoms with Crippen molar-refractivity contribution < 1.29 is 8.42 Å². The Bertz CT molecular complexity index is 546. The van der Waals surface area contributed by atoms with Crippen molar-refractivity contribution in [2.75, 3.05) is 11.6 Å². The molecule has 0 saturated heterocycles. The van der Waals surface area contributed by atoms with Gasteiger partial charge in [-0.3, -0.25) is 0 Å². The Morgan fingerprint density at radius 3 is 2.59 bits per heavy atom.